The fraction of sp³-hybridized carbons (Fsp3) is 0.538. The molecular formula is C13H21FN2S. The number of nitrogens with two attached hydrogens (primary N) is 1. The Labute approximate surface area is 107 Å². The molecule has 1 atom stereocenters. The van der Waals surface area contributed by atoms with Crippen molar-refractivity contribution in [1.82, 2.24) is 0 Å². The van der Waals surface area contributed by atoms with E-state index in [0.717, 1.165) is 17.9 Å². The summed E-state index contributed by atoms with van der Waals surface area (Å²) in [4.78, 5) is 2.14. The molecule has 0 aliphatic carbocycles. The first-order chi connectivity index (χ1) is 8.13. The predicted octanol–water partition coefficient (Wildman–Crippen LogP) is 2.86. The van der Waals surface area contributed by atoms with Crippen LogP contribution in [0.2, 0.25) is 0 Å². The molecule has 0 saturated heterocycles. The Balaban J connectivity index is 2.87. The number of rotatable bonds is 6. The maximum Gasteiger partial charge on any atom is 0.129 e. The average Bonchev–Trinajstić information content (AvgIpc) is 2.35. The van der Waals surface area contributed by atoms with E-state index in [-0.39, 0.29) is 12.4 Å². The molecule has 1 rings (SSSR count). The van der Waals surface area contributed by atoms with Crippen LogP contribution >= 0.6 is 11.8 Å². The summed E-state index contributed by atoms with van der Waals surface area (Å²) in [7, 11) is 2.02. The Morgan fingerprint density at radius 2 is 2.18 bits per heavy atom. The van der Waals surface area contributed by atoms with E-state index >= 15 is 0 Å². The van der Waals surface area contributed by atoms with Crippen molar-refractivity contribution in [2.45, 2.75) is 25.9 Å². The van der Waals surface area contributed by atoms with Crippen LogP contribution in [0.1, 0.15) is 18.9 Å². The molecule has 1 aromatic carbocycles. The number of hydrogen-bond acceptors (Lipinski definition) is 3. The largest absolute Gasteiger partial charge is 0.371 e. The highest BCUT2D eigenvalue weighted by atomic mass is 32.2. The Hall–Kier alpha value is -0.740. The summed E-state index contributed by atoms with van der Waals surface area (Å²) in [6.45, 7) is 2.40. The van der Waals surface area contributed by atoms with Crippen LogP contribution in [0.25, 0.3) is 0 Å². The van der Waals surface area contributed by atoms with Crippen molar-refractivity contribution in [3.8, 4) is 0 Å². The lowest BCUT2D eigenvalue weighted by atomic mass is 10.1. The van der Waals surface area contributed by atoms with Crippen molar-refractivity contribution in [1.29, 1.82) is 0 Å². The molecular weight excluding hydrogens is 235 g/mol. The summed E-state index contributed by atoms with van der Waals surface area (Å²) in [6, 6.07) is 5.72. The molecule has 0 spiro atoms. The monoisotopic (exact) mass is 256 g/mol. The van der Waals surface area contributed by atoms with Gasteiger partial charge in [-0.2, -0.15) is 11.8 Å². The minimum atomic E-state index is -0.212. The van der Waals surface area contributed by atoms with Crippen molar-refractivity contribution >= 4 is 17.4 Å². The number of hydrogen-bond donors (Lipinski definition) is 1. The molecule has 2 N–H and O–H groups in total. The highest BCUT2D eigenvalue weighted by Gasteiger charge is 2.14. The fourth-order valence-corrected chi connectivity index (χ4v) is 2.67. The zero-order valence-electron chi connectivity index (χ0n) is 10.7. The summed E-state index contributed by atoms with van der Waals surface area (Å²) in [6.07, 6.45) is 3.15. The van der Waals surface area contributed by atoms with Crippen molar-refractivity contribution in [3.63, 3.8) is 0 Å². The molecule has 4 heteroatoms. The summed E-state index contributed by atoms with van der Waals surface area (Å²) >= 11 is 1.81. The number of halogens is 1. The van der Waals surface area contributed by atoms with E-state index in [9.17, 15) is 4.39 Å². The Kier molecular flexibility index (Phi) is 5.78. The standard InChI is InChI=1S/C13H21FN2S/c1-4-11(9-17-3)16(2)12-6-5-10(8-15)13(14)7-12/h5-7,11H,4,8-9,15H2,1-3H3. The lowest BCUT2D eigenvalue weighted by Gasteiger charge is -2.29. The molecule has 0 bridgehead atoms. The van der Waals surface area contributed by atoms with E-state index in [2.05, 4.69) is 18.1 Å². The van der Waals surface area contributed by atoms with E-state index in [0.29, 0.717) is 11.6 Å². The van der Waals surface area contributed by atoms with Gasteiger partial charge in [0, 0.05) is 36.6 Å². The highest BCUT2D eigenvalue weighted by molar-refractivity contribution is 7.98. The van der Waals surface area contributed by atoms with Gasteiger partial charge in [0.2, 0.25) is 0 Å². The van der Waals surface area contributed by atoms with Gasteiger partial charge in [-0.3, -0.25) is 0 Å². The quantitative estimate of drug-likeness (QED) is 0.848. The highest BCUT2D eigenvalue weighted by Crippen LogP contribution is 2.21. The molecule has 0 heterocycles. The molecule has 0 aliphatic heterocycles. The lowest BCUT2D eigenvalue weighted by Crippen LogP contribution is -2.33. The van der Waals surface area contributed by atoms with Crippen LogP contribution in [-0.4, -0.2) is 25.1 Å². The first-order valence-electron chi connectivity index (χ1n) is 5.84. The maximum atomic E-state index is 13.7. The SMILES string of the molecule is CCC(CSC)N(C)c1ccc(CN)c(F)c1. The second kappa shape index (κ2) is 6.87. The van der Waals surface area contributed by atoms with Crippen LogP contribution in [0.5, 0.6) is 0 Å². The van der Waals surface area contributed by atoms with Crippen LogP contribution < -0.4 is 10.6 Å². The van der Waals surface area contributed by atoms with Gasteiger partial charge in [-0.15, -0.1) is 0 Å². The molecule has 0 aromatic heterocycles. The predicted molar refractivity (Wildman–Crippen MR) is 75.2 cm³/mol. The average molecular weight is 256 g/mol. The van der Waals surface area contributed by atoms with E-state index in [1.165, 1.54) is 0 Å². The molecule has 1 unspecified atom stereocenters. The van der Waals surface area contributed by atoms with Crippen LogP contribution in [0, 0.1) is 5.82 Å². The molecule has 2 nitrogen and oxygen atoms in total. The number of nitrogens with zero attached hydrogens (tertiary/aromatic N) is 1. The Morgan fingerprint density at radius 3 is 2.65 bits per heavy atom. The second-order valence-corrected chi connectivity index (χ2v) is 5.02. The minimum Gasteiger partial charge on any atom is -0.371 e. The molecule has 0 fully saturated rings. The molecule has 17 heavy (non-hydrogen) atoms. The van der Waals surface area contributed by atoms with Gasteiger partial charge in [-0.1, -0.05) is 13.0 Å². The number of benzene rings is 1. The first kappa shape index (κ1) is 14.3. The third-order valence-corrected chi connectivity index (χ3v) is 3.76. The maximum absolute atomic E-state index is 13.7. The van der Waals surface area contributed by atoms with Crippen LogP contribution in [0.4, 0.5) is 10.1 Å². The topological polar surface area (TPSA) is 29.3 Å². The van der Waals surface area contributed by atoms with Gasteiger partial charge < -0.3 is 10.6 Å². The Morgan fingerprint density at radius 1 is 1.47 bits per heavy atom. The van der Waals surface area contributed by atoms with Crippen LogP contribution in [0.15, 0.2) is 18.2 Å². The van der Waals surface area contributed by atoms with Gasteiger partial charge in [0.1, 0.15) is 5.82 Å². The second-order valence-electron chi connectivity index (χ2n) is 4.11. The Bertz CT molecular complexity index is 357. The van der Waals surface area contributed by atoms with Crippen molar-refractivity contribution in [3.05, 3.63) is 29.6 Å². The lowest BCUT2D eigenvalue weighted by molar-refractivity contribution is 0.607. The van der Waals surface area contributed by atoms with Crippen molar-refractivity contribution < 1.29 is 4.39 Å². The van der Waals surface area contributed by atoms with Crippen molar-refractivity contribution in [2.75, 3.05) is 24.0 Å². The summed E-state index contributed by atoms with van der Waals surface area (Å²) < 4.78 is 13.7. The minimum absolute atomic E-state index is 0.212. The van der Waals surface area contributed by atoms with Crippen LogP contribution in [-0.2, 0) is 6.54 Å². The van der Waals surface area contributed by atoms with E-state index in [1.54, 1.807) is 12.1 Å². The van der Waals surface area contributed by atoms with Gasteiger partial charge in [0.15, 0.2) is 0 Å². The van der Waals surface area contributed by atoms with Gasteiger partial charge in [-0.25, -0.2) is 4.39 Å². The van der Waals surface area contributed by atoms with E-state index in [1.807, 2.05) is 24.9 Å². The van der Waals surface area contributed by atoms with Crippen LogP contribution in [0.3, 0.4) is 0 Å². The zero-order chi connectivity index (χ0) is 12.8. The van der Waals surface area contributed by atoms with Gasteiger partial charge in [0.25, 0.3) is 0 Å². The zero-order valence-corrected chi connectivity index (χ0v) is 11.6. The first-order valence-corrected chi connectivity index (χ1v) is 7.23. The summed E-state index contributed by atoms with van der Waals surface area (Å²) in [5.41, 5.74) is 6.94. The molecule has 1 aromatic rings. The summed E-state index contributed by atoms with van der Waals surface area (Å²) in [5, 5.41) is 0. The fourth-order valence-electron chi connectivity index (χ4n) is 1.83. The van der Waals surface area contributed by atoms with Gasteiger partial charge >= 0.3 is 0 Å². The smallest absolute Gasteiger partial charge is 0.129 e. The summed E-state index contributed by atoms with van der Waals surface area (Å²) in [5.74, 6) is 0.837. The molecule has 0 radical (unpaired) electrons. The van der Waals surface area contributed by atoms with E-state index < -0.39 is 0 Å². The number of thioether (sulfide) groups is 1. The normalized spacial score (nSPS) is 12.5. The van der Waals surface area contributed by atoms with Crippen molar-refractivity contribution in [2.24, 2.45) is 5.73 Å². The molecule has 0 amide bonds. The third kappa shape index (κ3) is 3.61. The molecule has 96 valence electrons. The third-order valence-electron chi connectivity index (χ3n) is 3.04. The van der Waals surface area contributed by atoms with Gasteiger partial charge in [0.05, 0.1) is 0 Å². The molecule has 0 saturated carbocycles. The van der Waals surface area contributed by atoms with Gasteiger partial charge in [-0.05, 0) is 24.8 Å². The van der Waals surface area contributed by atoms with E-state index in [4.69, 9.17) is 5.73 Å². The number of anilines is 1. The molecule has 0 aliphatic rings.